The number of halogens is 3. The van der Waals surface area contributed by atoms with E-state index < -0.39 is 28.9 Å². The monoisotopic (exact) mass is 287 g/mol. The Labute approximate surface area is 114 Å². The van der Waals surface area contributed by atoms with Crippen LogP contribution in [0, 0.1) is 17.5 Å². The fraction of sp³-hybridized carbons (Fsp3) is 0.462. The van der Waals surface area contributed by atoms with Gasteiger partial charge in [-0.05, 0) is 12.1 Å². The summed E-state index contributed by atoms with van der Waals surface area (Å²) in [6, 6.07) is 1.73. The average molecular weight is 287 g/mol. The lowest BCUT2D eigenvalue weighted by Gasteiger charge is -2.34. The van der Waals surface area contributed by atoms with Crippen molar-refractivity contribution in [3.05, 3.63) is 35.1 Å². The van der Waals surface area contributed by atoms with Crippen molar-refractivity contribution in [2.24, 2.45) is 5.73 Å². The van der Waals surface area contributed by atoms with Gasteiger partial charge in [-0.1, -0.05) is 0 Å². The van der Waals surface area contributed by atoms with Crippen molar-refractivity contribution in [1.82, 2.24) is 9.80 Å². The van der Waals surface area contributed by atoms with Crippen LogP contribution in [-0.4, -0.2) is 55.0 Å². The molecule has 1 aliphatic rings. The number of rotatable bonds is 3. The fourth-order valence-corrected chi connectivity index (χ4v) is 2.22. The Morgan fingerprint density at radius 2 is 1.75 bits per heavy atom. The lowest BCUT2D eigenvalue weighted by atomic mass is 10.1. The van der Waals surface area contributed by atoms with Crippen molar-refractivity contribution in [3.8, 4) is 0 Å². The van der Waals surface area contributed by atoms with Gasteiger partial charge in [0.05, 0.1) is 5.56 Å². The van der Waals surface area contributed by atoms with Crippen LogP contribution in [0.3, 0.4) is 0 Å². The molecule has 0 spiro atoms. The second-order valence-corrected chi connectivity index (χ2v) is 4.65. The molecule has 2 rings (SSSR count). The molecule has 1 aromatic rings. The number of carbonyl (C=O) groups excluding carboxylic acids is 1. The molecule has 0 unspecified atom stereocenters. The molecule has 1 heterocycles. The summed E-state index contributed by atoms with van der Waals surface area (Å²) in [5.74, 6) is -4.96. The third-order valence-corrected chi connectivity index (χ3v) is 3.37. The lowest BCUT2D eigenvalue weighted by molar-refractivity contribution is 0.0635. The number of nitrogens with zero attached hydrogens (tertiary/aromatic N) is 2. The zero-order valence-corrected chi connectivity index (χ0v) is 10.9. The maximum Gasteiger partial charge on any atom is 0.257 e. The SMILES string of the molecule is NCCN1CCN(C(=O)c2ccc(F)c(F)c2F)CC1. The summed E-state index contributed by atoms with van der Waals surface area (Å²) in [5, 5.41) is 0. The predicted molar refractivity (Wildman–Crippen MR) is 67.7 cm³/mol. The van der Waals surface area contributed by atoms with Crippen molar-refractivity contribution >= 4 is 5.91 Å². The Hall–Kier alpha value is -1.60. The first kappa shape index (κ1) is 14.8. The summed E-state index contributed by atoms with van der Waals surface area (Å²) >= 11 is 0. The van der Waals surface area contributed by atoms with Crippen LogP contribution in [0.2, 0.25) is 0 Å². The number of benzene rings is 1. The third kappa shape index (κ3) is 2.94. The van der Waals surface area contributed by atoms with Gasteiger partial charge >= 0.3 is 0 Å². The van der Waals surface area contributed by atoms with Crippen LogP contribution < -0.4 is 5.73 Å². The van der Waals surface area contributed by atoms with Gasteiger partial charge < -0.3 is 10.6 Å². The van der Waals surface area contributed by atoms with Crippen molar-refractivity contribution in [2.75, 3.05) is 39.3 Å². The molecular weight excluding hydrogens is 271 g/mol. The molecule has 4 nitrogen and oxygen atoms in total. The maximum absolute atomic E-state index is 13.6. The van der Waals surface area contributed by atoms with Crippen LogP contribution in [0.4, 0.5) is 13.2 Å². The van der Waals surface area contributed by atoms with E-state index in [0.29, 0.717) is 32.7 Å². The number of carbonyl (C=O) groups is 1. The topological polar surface area (TPSA) is 49.6 Å². The van der Waals surface area contributed by atoms with Gasteiger partial charge in [-0.25, -0.2) is 13.2 Å². The molecule has 0 aliphatic carbocycles. The largest absolute Gasteiger partial charge is 0.336 e. The third-order valence-electron chi connectivity index (χ3n) is 3.37. The highest BCUT2D eigenvalue weighted by Crippen LogP contribution is 2.17. The predicted octanol–water partition coefficient (Wildman–Crippen LogP) is 0.820. The molecule has 2 N–H and O–H groups in total. The number of hydrogen-bond acceptors (Lipinski definition) is 3. The first-order valence-electron chi connectivity index (χ1n) is 6.39. The zero-order valence-electron chi connectivity index (χ0n) is 10.9. The van der Waals surface area contributed by atoms with Crippen LogP contribution in [0.15, 0.2) is 12.1 Å². The highest BCUT2D eigenvalue weighted by atomic mass is 19.2. The normalized spacial score (nSPS) is 16.5. The molecule has 1 fully saturated rings. The summed E-state index contributed by atoms with van der Waals surface area (Å²) in [6.45, 7) is 3.37. The van der Waals surface area contributed by atoms with E-state index in [-0.39, 0.29) is 0 Å². The van der Waals surface area contributed by atoms with Gasteiger partial charge in [0.1, 0.15) is 0 Å². The molecule has 1 amide bonds. The van der Waals surface area contributed by atoms with Gasteiger partial charge in [-0.2, -0.15) is 0 Å². The Morgan fingerprint density at radius 1 is 1.10 bits per heavy atom. The Balaban J connectivity index is 2.08. The maximum atomic E-state index is 13.6. The van der Waals surface area contributed by atoms with Crippen molar-refractivity contribution in [2.45, 2.75) is 0 Å². The molecule has 1 aliphatic heterocycles. The molecule has 0 atom stereocenters. The summed E-state index contributed by atoms with van der Waals surface area (Å²) in [6.07, 6.45) is 0. The quantitative estimate of drug-likeness (QED) is 0.837. The average Bonchev–Trinajstić information content (AvgIpc) is 2.45. The minimum atomic E-state index is -1.61. The van der Waals surface area contributed by atoms with Crippen LogP contribution in [0.1, 0.15) is 10.4 Å². The molecule has 7 heteroatoms. The second-order valence-electron chi connectivity index (χ2n) is 4.65. The van der Waals surface area contributed by atoms with Crippen LogP contribution in [0.5, 0.6) is 0 Å². The Bertz CT molecular complexity index is 502. The number of amides is 1. The van der Waals surface area contributed by atoms with Crippen LogP contribution in [-0.2, 0) is 0 Å². The molecule has 20 heavy (non-hydrogen) atoms. The zero-order chi connectivity index (χ0) is 14.7. The molecule has 0 aromatic heterocycles. The Kier molecular flexibility index (Phi) is 4.61. The molecule has 0 bridgehead atoms. The summed E-state index contributed by atoms with van der Waals surface area (Å²) in [4.78, 5) is 15.6. The van der Waals surface area contributed by atoms with Gasteiger partial charge in [-0.3, -0.25) is 9.69 Å². The van der Waals surface area contributed by atoms with E-state index in [9.17, 15) is 18.0 Å². The van der Waals surface area contributed by atoms with Gasteiger partial charge in [0.2, 0.25) is 0 Å². The van der Waals surface area contributed by atoms with E-state index in [1.165, 1.54) is 4.90 Å². The molecular formula is C13H16F3N3O. The number of nitrogens with two attached hydrogens (primary N) is 1. The van der Waals surface area contributed by atoms with Gasteiger partial charge in [0, 0.05) is 39.3 Å². The molecule has 110 valence electrons. The highest BCUT2D eigenvalue weighted by Gasteiger charge is 2.26. The van der Waals surface area contributed by atoms with Crippen molar-refractivity contribution < 1.29 is 18.0 Å². The first-order valence-corrected chi connectivity index (χ1v) is 6.39. The van der Waals surface area contributed by atoms with E-state index in [2.05, 4.69) is 4.90 Å². The van der Waals surface area contributed by atoms with Gasteiger partial charge in [0.25, 0.3) is 5.91 Å². The summed E-state index contributed by atoms with van der Waals surface area (Å²) < 4.78 is 39.6. The highest BCUT2D eigenvalue weighted by molar-refractivity contribution is 5.94. The molecule has 1 aromatic carbocycles. The van der Waals surface area contributed by atoms with Crippen molar-refractivity contribution in [3.63, 3.8) is 0 Å². The van der Waals surface area contributed by atoms with E-state index in [1.807, 2.05) is 0 Å². The van der Waals surface area contributed by atoms with Gasteiger partial charge in [-0.15, -0.1) is 0 Å². The minimum Gasteiger partial charge on any atom is -0.336 e. The van der Waals surface area contributed by atoms with E-state index >= 15 is 0 Å². The lowest BCUT2D eigenvalue weighted by Crippen LogP contribution is -2.49. The first-order chi connectivity index (χ1) is 9.54. The van der Waals surface area contributed by atoms with Crippen LogP contribution >= 0.6 is 0 Å². The smallest absolute Gasteiger partial charge is 0.257 e. The fourth-order valence-electron chi connectivity index (χ4n) is 2.22. The molecule has 0 radical (unpaired) electrons. The Morgan fingerprint density at radius 3 is 2.35 bits per heavy atom. The number of piperazine rings is 1. The standard InChI is InChI=1S/C13H16F3N3O/c14-10-2-1-9(11(15)12(10)16)13(20)19-7-5-18(4-3-17)6-8-19/h1-2H,3-8,17H2. The van der Waals surface area contributed by atoms with Crippen molar-refractivity contribution in [1.29, 1.82) is 0 Å². The van der Waals surface area contributed by atoms with Gasteiger partial charge in [0.15, 0.2) is 17.5 Å². The summed E-state index contributed by atoms with van der Waals surface area (Å²) in [7, 11) is 0. The summed E-state index contributed by atoms with van der Waals surface area (Å²) in [5.41, 5.74) is 5.01. The van der Waals surface area contributed by atoms with E-state index in [1.54, 1.807) is 0 Å². The van der Waals surface area contributed by atoms with E-state index in [0.717, 1.165) is 18.7 Å². The van der Waals surface area contributed by atoms with E-state index in [4.69, 9.17) is 5.73 Å². The second kappa shape index (κ2) is 6.23. The molecule has 1 saturated heterocycles. The van der Waals surface area contributed by atoms with Crippen LogP contribution in [0.25, 0.3) is 0 Å². The molecule has 0 saturated carbocycles. The minimum absolute atomic E-state index is 0.414. The number of hydrogen-bond donors (Lipinski definition) is 1.